The average molecular weight is 293 g/mol. The molecule has 7 nitrogen and oxygen atoms in total. The summed E-state index contributed by atoms with van der Waals surface area (Å²) in [7, 11) is 0. The van der Waals surface area contributed by atoms with E-state index in [1.54, 1.807) is 0 Å². The minimum Gasteiger partial charge on any atom is -0.478 e. The van der Waals surface area contributed by atoms with Gasteiger partial charge in [0.15, 0.2) is 0 Å². The maximum atomic E-state index is 11.3. The van der Waals surface area contributed by atoms with Gasteiger partial charge in [-0.25, -0.2) is 9.78 Å². The second-order valence-electron chi connectivity index (χ2n) is 5.70. The van der Waals surface area contributed by atoms with Crippen molar-refractivity contribution in [1.82, 2.24) is 4.98 Å². The summed E-state index contributed by atoms with van der Waals surface area (Å²) in [5.74, 6) is 0.381. The molecule has 0 bridgehead atoms. The highest BCUT2D eigenvalue weighted by Gasteiger charge is 2.26. The fourth-order valence-electron chi connectivity index (χ4n) is 2.73. The largest absolute Gasteiger partial charge is 0.478 e. The van der Waals surface area contributed by atoms with Crippen molar-refractivity contribution in [2.45, 2.75) is 26.7 Å². The molecule has 0 radical (unpaired) electrons. The third-order valence-corrected chi connectivity index (χ3v) is 4.08. The normalized spacial score (nSPS) is 16.2. The van der Waals surface area contributed by atoms with Crippen LogP contribution in [-0.2, 0) is 0 Å². The number of nitro groups is 1. The van der Waals surface area contributed by atoms with E-state index in [2.05, 4.69) is 18.8 Å². The van der Waals surface area contributed by atoms with Gasteiger partial charge in [-0.2, -0.15) is 0 Å². The predicted molar refractivity (Wildman–Crippen MR) is 77.6 cm³/mol. The van der Waals surface area contributed by atoms with Gasteiger partial charge in [-0.1, -0.05) is 13.8 Å². The lowest BCUT2D eigenvalue weighted by atomic mass is 9.86. The highest BCUT2D eigenvalue weighted by Crippen LogP contribution is 2.29. The molecule has 0 aliphatic carbocycles. The van der Waals surface area contributed by atoms with Gasteiger partial charge < -0.3 is 10.0 Å². The van der Waals surface area contributed by atoms with Gasteiger partial charge in [0.05, 0.1) is 4.92 Å². The number of carbonyl (C=O) groups is 1. The number of carboxylic acid groups (broad SMARTS) is 1. The third-order valence-electron chi connectivity index (χ3n) is 4.08. The van der Waals surface area contributed by atoms with Crippen molar-refractivity contribution in [3.63, 3.8) is 0 Å². The second-order valence-corrected chi connectivity index (χ2v) is 5.70. The molecule has 2 heterocycles. The molecule has 0 atom stereocenters. The number of nitrogens with zero attached hydrogens (tertiary/aromatic N) is 3. The van der Waals surface area contributed by atoms with Gasteiger partial charge >= 0.3 is 5.97 Å². The van der Waals surface area contributed by atoms with Crippen molar-refractivity contribution < 1.29 is 14.8 Å². The molecule has 0 saturated carbocycles. The topological polar surface area (TPSA) is 96.6 Å². The zero-order valence-corrected chi connectivity index (χ0v) is 12.2. The number of aromatic nitrogens is 1. The van der Waals surface area contributed by atoms with E-state index >= 15 is 0 Å². The van der Waals surface area contributed by atoms with Crippen LogP contribution in [0.3, 0.4) is 0 Å². The number of rotatable bonds is 4. The van der Waals surface area contributed by atoms with Crippen molar-refractivity contribution in [2.75, 3.05) is 18.0 Å². The van der Waals surface area contributed by atoms with Crippen LogP contribution >= 0.6 is 0 Å². The van der Waals surface area contributed by atoms with E-state index in [-0.39, 0.29) is 11.3 Å². The monoisotopic (exact) mass is 293 g/mol. The zero-order chi connectivity index (χ0) is 15.6. The number of pyridine rings is 1. The van der Waals surface area contributed by atoms with Crippen LogP contribution in [0.4, 0.5) is 11.5 Å². The van der Waals surface area contributed by atoms with E-state index in [0.717, 1.165) is 38.2 Å². The third kappa shape index (κ3) is 3.29. The lowest BCUT2D eigenvalue weighted by molar-refractivity contribution is -0.385. The standard InChI is InChI=1S/C14H19N3O4/c1-9(2)10-3-5-16(6-4-10)13-12(14(18)19)7-11(8-15-13)17(20)21/h7-10H,3-6H2,1-2H3,(H,18,19). The van der Waals surface area contributed by atoms with Crippen LogP contribution in [0.25, 0.3) is 0 Å². The van der Waals surface area contributed by atoms with Crippen molar-refractivity contribution in [3.8, 4) is 0 Å². The number of anilines is 1. The maximum absolute atomic E-state index is 11.3. The van der Waals surface area contributed by atoms with Gasteiger partial charge in [0.1, 0.15) is 17.6 Å². The Kier molecular flexibility index (Phi) is 4.40. The van der Waals surface area contributed by atoms with Gasteiger partial charge in [0.2, 0.25) is 0 Å². The van der Waals surface area contributed by atoms with Crippen LogP contribution in [0.5, 0.6) is 0 Å². The van der Waals surface area contributed by atoms with Crippen LogP contribution < -0.4 is 4.90 Å². The van der Waals surface area contributed by atoms with E-state index in [0.29, 0.717) is 17.7 Å². The maximum Gasteiger partial charge on any atom is 0.339 e. The van der Waals surface area contributed by atoms with Gasteiger partial charge in [-0.3, -0.25) is 10.1 Å². The first kappa shape index (κ1) is 15.2. The van der Waals surface area contributed by atoms with Crippen molar-refractivity contribution >= 4 is 17.5 Å². The minimum absolute atomic E-state index is 0.104. The Labute approximate surface area is 122 Å². The van der Waals surface area contributed by atoms with Crippen LogP contribution in [0.2, 0.25) is 0 Å². The molecule has 0 unspecified atom stereocenters. The molecule has 1 N–H and O–H groups in total. The first-order valence-electron chi connectivity index (χ1n) is 7.02. The second kappa shape index (κ2) is 6.07. The van der Waals surface area contributed by atoms with Crippen LogP contribution in [0.15, 0.2) is 12.3 Å². The molecule has 0 spiro atoms. The van der Waals surface area contributed by atoms with Gasteiger partial charge in [-0.05, 0) is 24.7 Å². The van der Waals surface area contributed by atoms with Crippen LogP contribution in [0.1, 0.15) is 37.0 Å². The molecule has 2 rings (SSSR count). The fourth-order valence-corrected chi connectivity index (χ4v) is 2.73. The molecular weight excluding hydrogens is 274 g/mol. The molecule has 7 heteroatoms. The Hall–Kier alpha value is -2.18. The Balaban J connectivity index is 2.24. The highest BCUT2D eigenvalue weighted by molar-refractivity contribution is 5.94. The summed E-state index contributed by atoms with van der Waals surface area (Å²) in [6, 6.07) is 1.08. The Bertz CT molecular complexity index is 551. The molecule has 1 aliphatic rings. The van der Waals surface area contributed by atoms with Crippen molar-refractivity contribution in [2.24, 2.45) is 11.8 Å². The summed E-state index contributed by atoms with van der Waals surface area (Å²) < 4.78 is 0. The quantitative estimate of drug-likeness (QED) is 0.677. The highest BCUT2D eigenvalue weighted by atomic mass is 16.6. The molecule has 21 heavy (non-hydrogen) atoms. The first-order chi connectivity index (χ1) is 9.90. The summed E-state index contributed by atoms with van der Waals surface area (Å²) in [5.41, 5.74) is -0.402. The molecule has 114 valence electrons. The SMILES string of the molecule is CC(C)C1CCN(c2ncc([N+](=O)[O-])cc2C(=O)O)CC1. The van der Waals surface area contributed by atoms with E-state index in [1.165, 1.54) is 0 Å². The van der Waals surface area contributed by atoms with Gasteiger partial charge in [0, 0.05) is 19.2 Å². The number of hydrogen-bond donors (Lipinski definition) is 1. The Morgan fingerprint density at radius 1 is 1.48 bits per heavy atom. The lowest BCUT2D eigenvalue weighted by Gasteiger charge is -2.35. The molecule has 1 aromatic rings. The number of aromatic carboxylic acids is 1. The van der Waals surface area contributed by atoms with E-state index in [4.69, 9.17) is 0 Å². The van der Waals surface area contributed by atoms with E-state index in [9.17, 15) is 20.0 Å². The molecule has 0 aromatic carbocycles. The summed E-state index contributed by atoms with van der Waals surface area (Å²) in [6.07, 6.45) is 3.08. The van der Waals surface area contributed by atoms with Crippen molar-refractivity contribution in [3.05, 3.63) is 27.9 Å². The summed E-state index contributed by atoms with van der Waals surface area (Å²) in [6.45, 7) is 5.84. The number of hydrogen-bond acceptors (Lipinski definition) is 5. The van der Waals surface area contributed by atoms with Crippen LogP contribution in [-0.4, -0.2) is 34.1 Å². The molecule has 1 aliphatic heterocycles. The summed E-state index contributed by atoms with van der Waals surface area (Å²) >= 11 is 0. The minimum atomic E-state index is -1.19. The number of carboxylic acids is 1. The summed E-state index contributed by atoms with van der Waals surface area (Å²) in [5, 5.41) is 20.0. The smallest absolute Gasteiger partial charge is 0.339 e. The lowest BCUT2D eigenvalue weighted by Crippen LogP contribution is -2.36. The first-order valence-corrected chi connectivity index (χ1v) is 7.02. The Morgan fingerprint density at radius 3 is 2.57 bits per heavy atom. The van der Waals surface area contributed by atoms with E-state index in [1.807, 2.05) is 4.90 Å². The molecular formula is C14H19N3O4. The molecule has 1 saturated heterocycles. The molecule has 1 aromatic heterocycles. The van der Waals surface area contributed by atoms with Crippen LogP contribution in [0, 0.1) is 22.0 Å². The van der Waals surface area contributed by atoms with Crippen molar-refractivity contribution in [1.29, 1.82) is 0 Å². The molecule has 1 fully saturated rings. The zero-order valence-electron chi connectivity index (χ0n) is 12.2. The predicted octanol–water partition coefficient (Wildman–Crippen LogP) is 2.56. The van der Waals surface area contributed by atoms with Gasteiger partial charge in [-0.15, -0.1) is 0 Å². The summed E-state index contributed by atoms with van der Waals surface area (Å²) in [4.78, 5) is 27.4. The van der Waals surface area contributed by atoms with Gasteiger partial charge in [0.25, 0.3) is 5.69 Å². The average Bonchev–Trinajstić information content (AvgIpc) is 2.46. The molecule has 0 amide bonds. The fraction of sp³-hybridized carbons (Fsp3) is 0.571. The Morgan fingerprint density at radius 2 is 2.10 bits per heavy atom. The number of piperidine rings is 1. The van der Waals surface area contributed by atoms with E-state index < -0.39 is 10.9 Å².